The number of hydrogen-bond acceptors (Lipinski definition) is 6. The molecule has 0 radical (unpaired) electrons. The first-order chi connectivity index (χ1) is 15.1. The van der Waals surface area contributed by atoms with E-state index in [1.165, 1.54) is 11.3 Å². The molecular formula is C23H29N5O3. The highest BCUT2D eigenvalue weighted by atomic mass is 16.5. The van der Waals surface area contributed by atoms with Crippen molar-refractivity contribution >= 4 is 17.5 Å². The van der Waals surface area contributed by atoms with Crippen LogP contribution in [0.4, 0.5) is 5.69 Å². The molecule has 2 aliphatic heterocycles. The summed E-state index contributed by atoms with van der Waals surface area (Å²) >= 11 is 0. The van der Waals surface area contributed by atoms with Gasteiger partial charge in [-0.1, -0.05) is 0 Å². The summed E-state index contributed by atoms with van der Waals surface area (Å²) in [5, 5.41) is 2.73. The quantitative estimate of drug-likeness (QED) is 0.778. The summed E-state index contributed by atoms with van der Waals surface area (Å²) in [5.74, 6) is 0.527. The zero-order valence-electron chi connectivity index (χ0n) is 18.1. The maximum Gasteiger partial charge on any atom is 0.251 e. The van der Waals surface area contributed by atoms with Gasteiger partial charge < -0.3 is 24.8 Å². The number of amides is 2. The fourth-order valence-electron chi connectivity index (χ4n) is 4.25. The third-order valence-electron chi connectivity index (χ3n) is 6.10. The number of hydrogen-bond donors (Lipinski definition) is 1. The molecule has 0 spiro atoms. The molecule has 1 saturated heterocycles. The van der Waals surface area contributed by atoms with Crippen LogP contribution in [0.2, 0.25) is 0 Å². The zero-order valence-corrected chi connectivity index (χ0v) is 18.1. The average molecular weight is 424 g/mol. The van der Waals surface area contributed by atoms with E-state index in [1.54, 1.807) is 31.6 Å². The second kappa shape index (κ2) is 9.34. The van der Waals surface area contributed by atoms with Gasteiger partial charge in [0, 0.05) is 74.0 Å². The maximum atomic E-state index is 12.9. The van der Waals surface area contributed by atoms with Crippen LogP contribution in [0.5, 0.6) is 5.75 Å². The number of fused-ring (bicyclic) bond motifs is 1. The Labute approximate surface area is 182 Å². The van der Waals surface area contributed by atoms with Crippen molar-refractivity contribution in [1.82, 2.24) is 20.1 Å². The summed E-state index contributed by atoms with van der Waals surface area (Å²) in [5.41, 5.74) is 4.02. The largest absolute Gasteiger partial charge is 0.496 e. The van der Waals surface area contributed by atoms with Gasteiger partial charge in [-0.25, -0.2) is 0 Å². The van der Waals surface area contributed by atoms with Crippen molar-refractivity contribution in [3.05, 3.63) is 53.3 Å². The van der Waals surface area contributed by atoms with E-state index in [-0.39, 0.29) is 18.4 Å². The van der Waals surface area contributed by atoms with Gasteiger partial charge in [-0.2, -0.15) is 0 Å². The van der Waals surface area contributed by atoms with Crippen molar-refractivity contribution in [2.24, 2.45) is 0 Å². The molecule has 1 aromatic heterocycles. The summed E-state index contributed by atoms with van der Waals surface area (Å²) in [6, 6.07) is 7.41. The summed E-state index contributed by atoms with van der Waals surface area (Å²) in [6.45, 7) is 5.08. The van der Waals surface area contributed by atoms with Crippen LogP contribution >= 0.6 is 0 Å². The first-order valence-corrected chi connectivity index (χ1v) is 10.6. The van der Waals surface area contributed by atoms with Gasteiger partial charge in [-0.15, -0.1) is 0 Å². The molecule has 1 N–H and O–H groups in total. The van der Waals surface area contributed by atoms with E-state index in [2.05, 4.69) is 33.2 Å². The van der Waals surface area contributed by atoms with Gasteiger partial charge in [0.1, 0.15) is 5.75 Å². The topological polar surface area (TPSA) is 78.0 Å². The number of methoxy groups -OCH3 is 1. The van der Waals surface area contributed by atoms with Gasteiger partial charge in [0.25, 0.3) is 5.91 Å². The molecule has 2 aliphatic rings. The van der Waals surface area contributed by atoms with E-state index in [4.69, 9.17) is 4.74 Å². The van der Waals surface area contributed by atoms with E-state index in [1.807, 2.05) is 11.0 Å². The molecule has 4 rings (SSSR count). The third kappa shape index (κ3) is 4.64. The lowest BCUT2D eigenvalue weighted by Gasteiger charge is -2.38. The summed E-state index contributed by atoms with van der Waals surface area (Å²) in [6.07, 6.45) is 3.86. The highest BCUT2D eigenvalue weighted by Gasteiger charge is 2.28. The lowest BCUT2D eigenvalue weighted by atomic mass is 9.95. The van der Waals surface area contributed by atoms with E-state index in [0.717, 1.165) is 43.9 Å². The molecular weight excluding hydrogens is 394 g/mol. The van der Waals surface area contributed by atoms with Gasteiger partial charge in [0.2, 0.25) is 5.91 Å². The number of aromatic nitrogens is 1. The predicted octanol–water partition coefficient (Wildman–Crippen LogP) is 1.16. The number of rotatable bonds is 5. The molecule has 0 saturated carbocycles. The Kier molecular flexibility index (Phi) is 6.36. The number of carbonyl (C=O) groups excluding carboxylic acids is 2. The molecule has 3 heterocycles. The Morgan fingerprint density at radius 2 is 1.77 bits per heavy atom. The van der Waals surface area contributed by atoms with Crippen LogP contribution in [-0.4, -0.2) is 80.0 Å². The van der Waals surface area contributed by atoms with Crippen LogP contribution in [0.1, 0.15) is 21.5 Å². The second-order valence-electron chi connectivity index (χ2n) is 8.02. The van der Waals surface area contributed by atoms with Gasteiger partial charge in [-0.05, 0) is 37.7 Å². The Balaban J connectivity index is 1.47. The first-order valence-electron chi connectivity index (χ1n) is 10.6. The molecule has 8 heteroatoms. The summed E-state index contributed by atoms with van der Waals surface area (Å²) in [4.78, 5) is 35.6. The molecule has 0 bridgehead atoms. The van der Waals surface area contributed by atoms with Gasteiger partial charge in [-0.3, -0.25) is 14.6 Å². The van der Waals surface area contributed by atoms with Crippen LogP contribution in [0.25, 0.3) is 0 Å². The summed E-state index contributed by atoms with van der Waals surface area (Å²) < 4.78 is 5.60. The Hall–Kier alpha value is -3.13. The molecule has 31 heavy (non-hydrogen) atoms. The molecule has 2 amide bonds. The van der Waals surface area contributed by atoms with Crippen LogP contribution in [0.15, 0.2) is 36.7 Å². The number of ether oxygens (including phenoxy) is 1. The van der Waals surface area contributed by atoms with Crippen LogP contribution in [0, 0.1) is 0 Å². The summed E-state index contributed by atoms with van der Waals surface area (Å²) in [7, 11) is 3.83. The van der Waals surface area contributed by atoms with Gasteiger partial charge in [0.05, 0.1) is 13.7 Å². The van der Waals surface area contributed by atoms with Crippen molar-refractivity contribution in [3.63, 3.8) is 0 Å². The number of piperazine rings is 1. The van der Waals surface area contributed by atoms with E-state index in [0.29, 0.717) is 18.7 Å². The lowest BCUT2D eigenvalue weighted by Crippen LogP contribution is -2.46. The van der Waals surface area contributed by atoms with Gasteiger partial charge in [0.15, 0.2) is 0 Å². The highest BCUT2D eigenvalue weighted by molar-refractivity contribution is 5.96. The minimum Gasteiger partial charge on any atom is -0.496 e. The number of nitrogens with one attached hydrogen (secondary N) is 1. The van der Waals surface area contributed by atoms with E-state index < -0.39 is 0 Å². The Morgan fingerprint density at radius 1 is 1.03 bits per heavy atom. The molecule has 1 aromatic carbocycles. The third-order valence-corrected chi connectivity index (χ3v) is 6.10. The first kappa shape index (κ1) is 21.1. The zero-order chi connectivity index (χ0) is 21.8. The smallest absolute Gasteiger partial charge is 0.251 e. The van der Waals surface area contributed by atoms with Crippen molar-refractivity contribution in [2.45, 2.75) is 13.0 Å². The van der Waals surface area contributed by atoms with Crippen molar-refractivity contribution in [1.29, 1.82) is 0 Å². The van der Waals surface area contributed by atoms with Crippen LogP contribution in [-0.2, 0) is 17.8 Å². The predicted molar refractivity (Wildman–Crippen MR) is 118 cm³/mol. The molecule has 164 valence electrons. The number of benzene rings is 1. The highest BCUT2D eigenvalue weighted by Crippen LogP contribution is 2.35. The number of anilines is 1. The SMILES string of the molecule is COc1ccc(N2CCN(C)CC2)c2c1CCN(C(=O)CNC(=O)c1ccncc1)C2. The Bertz CT molecular complexity index is 942. The molecule has 0 atom stereocenters. The van der Waals surface area contributed by atoms with Crippen molar-refractivity contribution in [3.8, 4) is 5.75 Å². The fraction of sp³-hybridized carbons (Fsp3) is 0.435. The lowest BCUT2D eigenvalue weighted by molar-refractivity contribution is -0.131. The minimum atomic E-state index is -0.270. The van der Waals surface area contributed by atoms with E-state index >= 15 is 0 Å². The number of nitrogens with zero attached hydrogens (tertiary/aromatic N) is 4. The number of likely N-dealkylation sites (N-methyl/N-ethyl adjacent to an activating group) is 1. The molecule has 2 aromatic rings. The monoisotopic (exact) mass is 423 g/mol. The van der Waals surface area contributed by atoms with Crippen LogP contribution in [0.3, 0.4) is 0 Å². The molecule has 8 nitrogen and oxygen atoms in total. The number of pyridine rings is 1. The van der Waals surface area contributed by atoms with E-state index in [9.17, 15) is 9.59 Å². The maximum absolute atomic E-state index is 12.9. The fourth-order valence-corrected chi connectivity index (χ4v) is 4.25. The van der Waals surface area contributed by atoms with Crippen molar-refractivity contribution in [2.75, 3.05) is 58.3 Å². The standard InChI is InChI=1S/C23H29N5O3/c1-26-11-13-27(14-12-26)20-3-4-21(31-2)18-7-10-28(16-19(18)20)22(29)15-25-23(30)17-5-8-24-9-6-17/h3-6,8-9H,7,10-16H2,1-2H3,(H,25,30). The molecule has 0 aliphatic carbocycles. The molecule has 0 unspecified atom stereocenters. The minimum absolute atomic E-state index is 0.0235. The molecule has 1 fully saturated rings. The van der Waals surface area contributed by atoms with Crippen molar-refractivity contribution < 1.29 is 14.3 Å². The second-order valence-corrected chi connectivity index (χ2v) is 8.02. The van der Waals surface area contributed by atoms with Gasteiger partial charge >= 0.3 is 0 Å². The number of carbonyl (C=O) groups is 2. The van der Waals surface area contributed by atoms with Crippen LogP contribution < -0.4 is 15.0 Å². The Morgan fingerprint density at radius 3 is 2.48 bits per heavy atom. The normalized spacial score (nSPS) is 16.6. The average Bonchev–Trinajstić information content (AvgIpc) is 2.82.